The van der Waals surface area contributed by atoms with Gasteiger partial charge in [-0.25, -0.2) is 0 Å². The number of hydrogen-bond donors (Lipinski definition) is 0. The van der Waals surface area contributed by atoms with E-state index in [1.807, 2.05) is 0 Å². The third kappa shape index (κ3) is 14.2. The van der Waals surface area contributed by atoms with Crippen LogP contribution in [0.5, 0.6) is 0 Å². The lowest BCUT2D eigenvalue weighted by Gasteiger charge is -2.14. The van der Waals surface area contributed by atoms with Crippen LogP contribution in [0.25, 0.3) is 0 Å². The zero-order chi connectivity index (χ0) is 12.3. The van der Waals surface area contributed by atoms with Crippen molar-refractivity contribution >= 4 is 8.07 Å². The molecule has 0 aliphatic rings. The fraction of sp³-hybridized carbons (Fsp3) is 1.00. The van der Waals surface area contributed by atoms with E-state index in [2.05, 4.69) is 26.6 Å². The molecule has 0 aromatic carbocycles. The summed E-state index contributed by atoms with van der Waals surface area (Å²) in [5.41, 5.74) is 0. The van der Waals surface area contributed by atoms with Crippen LogP contribution in [0.4, 0.5) is 0 Å². The van der Waals surface area contributed by atoms with Gasteiger partial charge < -0.3 is 0 Å². The van der Waals surface area contributed by atoms with Crippen LogP contribution in [0.3, 0.4) is 0 Å². The Morgan fingerprint density at radius 3 is 1.31 bits per heavy atom. The minimum atomic E-state index is -0.748. The van der Waals surface area contributed by atoms with Gasteiger partial charge in [-0.05, 0) is 0 Å². The van der Waals surface area contributed by atoms with Gasteiger partial charge in [0.15, 0.2) is 0 Å². The Morgan fingerprint density at radius 1 is 0.562 bits per heavy atom. The maximum Gasteiger partial charge on any atom is 0.0442 e. The Morgan fingerprint density at radius 2 is 0.938 bits per heavy atom. The maximum absolute atomic E-state index is 2.49. The summed E-state index contributed by atoms with van der Waals surface area (Å²) in [6.45, 7) is 9.75. The Bertz CT molecular complexity index is 135. The summed E-state index contributed by atoms with van der Waals surface area (Å²) in [7, 11) is -0.748. The smallest absolute Gasteiger partial charge is 0.0442 e. The average molecular weight is 243 g/mol. The number of hydrogen-bond acceptors (Lipinski definition) is 0. The minimum absolute atomic E-state index is 0.748. The van der Waals surface area contributed by atoms with E-state index in [0.29, 0.717) is 0 Å². The molecule has 0 amide bonds. The van der Waals surface area contributed by atoms with Gasteiger partial charge in [0.2, 0.25) is 0 Å². The first-order valence-corrected chi connectivity index (χ1v) is 11.3. The van der Waals surface area contributed by atoms with E-state index in [1.165, 1.54) is 70.3 Å². The average Bonchev–Trinajstić information content (AvgIpc) is 2.19. The topological polar surface area (TPSA) is 0 Å². The zero-order valence-electron chi connectivity index (χ0n) is 12.3. The van der Waals surface area contributed by atoms with Crippen LogP contribution in [0, 0.1) is 0 Å². The van der Waals surface area contributed by atoms with Crippen molar-refractivity contribution in [2.45, 2.75) is 96.8 Å². The molecule has 0 nitrogen and oxygen atoms in total. The second-order valence-corrected chi connectivity index (χ2v) is 12.1. The van der Waals surface area contributed by atoms with Gasteiger partial charge in [-0.15, -0.1) is 0 Å². The van der Waals surface area contributed by atoms with Crippen LogP contribution in [0.2, 0.25) is 25.7 Å². The summed E-state index contributed by atoms with van der Waals surface area (Å²) in [4.78, 5) is 0. The van der Waals surface area contributed by atoms with Crippen molar-refractivity contribution in [1.82, 2.24) is 0 Å². The molecule has 0 aliphatic carbocycles. The van der Waals surface area contributed by atoms with Crippen LogP contribution < -0.4 is 0 Å². The van der Waals surface area contributed by atoms with Crippen LogP contribution in [0.15, 0.2) is 0 Å². The summed E-state index contributed by atoms with van der Waals surface area (Å²) < 4.78 is 0. The first-order valence-electron chi connectivity index (χ1n) is 7.56. The van der Waals surface area contributed by atoms with Crippen molar-refractivity contribution in [2.24, 2.45) is 0 Å². The Labute approximate surface area is 105 Å². The molecule has 0 N–H and O–H groups in total. The lowest BCUT2D eigenvalue weighted by Crippen LogP contribution is -2.18. The largest absolute Gasteiger partial charge is 0.0695 e. The predicted molar refractivity (Wildman–Crippen MR) is 80.0 cm³/mol. The third-order valence-electron chi connectivity index (χ3n) is 3.28. The Balaban J connectivity index is 2.99. The number of rotatable bonds is 11. The molecular formula is C15H34Si. The fourth-order valence-corrected chi connectivity index (χ4v) is 3.45. The van der Waals surface area contributed by atoms with E-state index in [-0.39, 0.29) is 0 Å². The number of unbranched alkanes of at least 4 members (excludes halogenated alkanes) is 9. The van der Waals surface area contributed by atoms with Gasteiger partial charge in [0, 0.05) is 8.07 Å². The molecule has 0 radical (unpaired) electrons. The van der Waals surface area contributed by atoms with Crippen molar-refractivity contribution in [3.05, 3.63) is 0 Å². The van der Waals surface area contributed by atoms with Crippen LogP contribution in [0.1, 0.15) is 71.1 Å². The van der Waals surface area contributed by atoms with Gasteiger partial charge in [-0.1, -0.05) is 96.8 Å². The predicted octanol–water partition coefficient (Wildman–Crippen LogP) is 6.25. The molecule has 0 heterocycles. The monoisotopic (exact) mass is 242 g/mol. The molecule has 0 bridgehead atoms. The quantitative estimate of drug-likeness (QED) is 0.297. The SMILES string of the molecule is CCCCCCCCCCCC[Si](C)(C)C. The normalized spacial score (nSPS) is 12.0. The first kappa shape index (κ1) is 16.2. The van der Waals surface area contributed by atoms with E-state index in [0.717, 1.165) is 0 Å². The molecule has 0 saturated heterocycles. The molecule has 0 unspecified atom stereocenters. The Hall–Kier alpha value is 0.217. The molecule has 0 aromatic heterocycles. The van der Waals surface area contributed by atoms with Crippen molar-refractivity contribution in [2.75, 3.05) is 0 Å². The van der Waals surface area contributed by atoms with E-state index in [9.17, 15) is 0 Å². The molecule has 98 valence electrons. The van der Waals surface area contributed by atoms with Gasteiger partial charge in [0.25, 0.3) is 0 Å². The van der Waals surface area contributed by atoms with Gasteiger partial charge in [0.05, 0.1) is 0 Å². The Kier molecular flexibility index (Phi) is 10.5. The molecule has 0 atom stereocenters. The summed E-state index contributed by atoms with van der Waals surface area (Å²) in [5, 5.41) is 0. The molecule has 0 fully saturated rings. The minimum Gasteiger partial charge on any atom is -0.0695 e. The van der Waals surface area contributed by atoms with E-state index in [4.69, 9.17) is 0 Å². The maximum atomic E-state index is 2.49. The molecule has 0 aliphatic heterocycles. The second kappa shape index (κ2) is 10.4. The lowest BCUT2D eigenvalue weighted by molar-refractivity contribution is 0.561. The third-order valence-corrected chi connectivity index (χ3v) is 5.13. The molecule has 0 saturated carbocycles. The van der Waals surface area contributed by atoms with E-state index < -0.39 is 8.07 Å². The van der Waals surface area contributed by atoms with Crippen molar-refractivity contribution < 1.29 is 0 Å². The molecule has 0 rings (SSSR count). The first-order chi connectivity index (χ1) is 7.56. The van der Waals surface area contributed by atoms with Crippen molar-refractivity contribution in [3.63, 3.8) is 0 Å². The van der Waals surface area contributed by atoms with Crippen LogP contribution in [-0.2, 0) is 0 Å². The molecule has 0 aromatic rings. The van der Waals surface area contributed by atoms with Gasteiger partial charge in [0.1, 0.15) is 0 Å². The van der Waals surface area contributed by atoms with Crippen LogP contribution >= 0.6 is 0 Å². The van der Waals surface area contributed by atoms with Crippen molar-refractivity contribution in [3.8, 4) is 0 Å². The highest BCUT2D eigenvalue weighted by atomic mass is 28.3. The highest BCUT2D eigenvalue weighted by Gasteiger charge is 2.11. The van der Waals surface area contributed by atoms with Crippen LogP contribution in [-0.4, -0.2) is 8.07 Å². The summed E-state index contributed by atoms with van der Waals surface area (Å²) in [6.07, 6.45) is 14.7. The second-order valence-electron chi connectivity index (χ2n) is 6.49. The summed E-state index contributed by atoms with van der Waals surface area (Å²) >= 11 is 0. The fourth-order valence-electron chi connectivity index (χ4n) is 2.14. The zero-order valence-corrected chi connectivity index (χ0v) is 13.3. The summed E-state index contributed by atoms with van der Waals surface area (Å²) in [6, 6.07) is 1.53. The van der Waals surface area contributed by atoms with Gasteiger partial charge in [-0.3, -0.25) is 0 Å². The highest BCUT2D eigenvalue weighted by molar-refractivity contribution is 6.76. The van der Waals surface area contributed by atoms with Gasteiger partial charge in [-0.2, -0.15) is 0 Å². The standard InChI is InChI=1S/C15H34Si/c1-5-6-7-8-9-10-11-12-13-14-15-16(2,3)4/h5-15H2,1-4H3. The molecule has 0 spiro atoms. The van der Waals surface area contributed by atoms with Gasteiger partial charge >= 0.3 is 0 Å². The van der Waals surface area contributed by atoms with E-state index >= 15 is 0 Å². The van der Waals surface area contributed by atoms with Crippen molar-refractivity contribution in [1.29, 1.82) is 0 Å². The molecule has 1 heteroatoms. The highest BCUT2D eigenvalue weighted by Crippen LogP contribution is 2.16. The molecule has 16 heavy (non-hydrogen) atoms. The van der Waals surface area contributed by atoms with E-state index in [1.54, 1.807) is 0 Å². The lowest BCUT2D eigenvalue weighted by atomic mass is 10.1. The molecular weight excluding hydrogens is 208 g/mol. The summed E-state index contributed by atoms with van der Waals surface area (Å²) in [5.74, 6) is 0.